The van der Waals surface area contributed by atoms with E-state index in [1.807, 2.05) is 0 Å². The van der Waals surface area contributed by atoms with Crippen LogP contribution in [0.4, 0.5) is 10.5 Å². The molecule has 2 amide bonds. The Bertz CT molecular complexity index is 578. The van der Waals surface area contributed by atoms with E-state index < -0.39 is 17.9 Å². The fraction of sp³-hybridized carbons (Fsp3) is 0.400. The van der Waals surface area contributed by atoms with Crippen LogP contribution in [0.3, 0.4) is 0 Å². The van der Waals surface area contributed by atoms with Crippen molar-refractivity contribution in [3.8, 4) is 6.07 Å². The molecule has 0 aromatic heterocycles. The van der Waals surface area contributed by atoms with Gasteiger partial charge in [0.15, 0.2) is 0 Å². The van der Waals surface area contributed by atoms with Gasteiger partial charge in [-0.05, 0) is 25.5 Å². The minimum Gasteiger partial charge on any atom is -0.481 e. The van der Waals surface area contributed by atoms with Crippen LogP contribution in [0.15, 0.2) is 18.2 Å². The summed E-state index contributed by atoms with van der Waals surface area (Å²) in [7, 11) is 0. The quantitative estimate of drug-likeness (QED) is 0.870. The van der Waals surface area contributed by atoms with E-state index >= 15 is 0 Å². The number of hydrogen-bond donors (Lipinski definition) is 2. The van der Waals surface area contributed by atoms with Crippen molar-refractivity contribution in [2.75, 3.05) is 18.4 Å². The molecule has 0 radical (unpaired) electrons. The number of carbonyl (C=O) groups excluding carboxylic acids is 1. The molecule has 0 fully saturated rings. The van der Waals surface area contributed by atoms with Gasteiger partial charge in [0, 0.05) is 13.1 Å². The molecular formula is C15H19N3O3. The highest BCUT2D eigenvalue weighted by atomic mass is 16.4. The second-order valence-electron chi connectivity index (χ2n) is 4.82. The van der Waals surface area contributed by atoms with Crippen molar-refractivity contribution >= 4 is 17.7 Å². The standard InChI is InChI=1S/C15H19N3O3/c1-4-18(9-11(3)14(19)20)15(21)17-13-7-5-6-10(2)12(13)8-16/h5-7,11H,4,9H2,1-3H3,(H,17,21)(H,19,20). The maximum absolute atomic E-state index is 12.2. The van der Waals surface area contributed by atoms with Crippen molar-refractivity contribution in [2.45, 2.75) is 20.8 Å². The van der Waals surface area contributed by atoms with E-state index in [9.17, 15) is 9.59 Å². The van der Waals surface area contributed by atoms with Gasteiger partial charge in [-0.15, -0.1) is 0 Å². The van der Waals surface area contributed by atoms with Gasteiger partial charge in [0.1, 0.15) is 6.07 Å². The minimum atomic E-state index is -0.950. The Balaban J connectivity index is 2.87. The van der Waals surface area contributed by atoms with Crippen molar-refractivity contribution in [3.05, 3.63) is 29.3 Å². The summed E-state index contributed by atoms with van der Waals surface area (Å²) in [5.41, 5.74) is 1.62. The van der Waals surface area contributed by atoms with Crippen LogP contribution in [-0.4, -0.2) is 35.1 Å². The largest absolute Gasteiger partial charge is 0.481 e. The second kappa shape index (κ2) is 7.29. The predicted molar refractivity (Wildman–Crippen MR) is 79.0 cm³/mol. The van der Waals surface area contributed by atoms with Gasteiger partial charge in [0.2, 0.25) is 0 Å². The van der Waals surface area contributed by atoms with Crippen molar-refractivity contribution in [2.24, 2.45) is 5.92 Å². The van der Waals surface area contributed by atoms with Crippen molar-refractivity contribution in [1.29, 1.82) is 5.26 Å². The Morgan fingerprint density at radius 3 is 2.67 bits per heavy atom. The second-order valence-corrected chi connectivity index (χ2v) is 4.82. The van der Waals surface area contributed by atoms with Crippen LogP contribution in [0.25, 0.3) is 0 Å². The number of aliphatic carboxylic acids is 1. The zero-order valence-electron chi connectivity index (χ0n) is 12.4. The average Bonchev–Trinajstić information content (AvgIpc) is 2.44. The lowest BCUT2D eigenvalue weighted by molar-refractivity contribution is -0.141. The molecule has 1 aromatic carbocycles. The highest BCUT2D eigenvalue weighted by Gasteiger charge is 2.20. The van der Waals surface area contributed by atoms with Gasteiger partial charge in [0.05, 0.1) is 17.2 Å². The molecule has 6 nitrogen and oxygen atoms in total. The number of anilines is 1. The lowest BCUT2D eigenvalue weighted by atomic mass is 10.1. The fourth-order valence-corrected chi connectivity index (χ4v) is 1.88. The van der Waals surface area contributed by atoms with Gasteiger partial charge in [0.25, 0.3) is 0 Å². The van der Waals surface area contributed by atoms with Crippen LogP contribution in [-0.2, 0) is 4.79 Å². The van der Waals surface area contributed by atoms with Gasteiger partial charge in [-0.25, -0.2) is 4.79 Å². The molecule has 0 aliphatic heterocycles. The molecule has 0 aliphatic carbocycles. The Morgan fingerprint density at radius 1 is 1.48 bits per heavy atom. The molecule has 112 valence electrons. The lowest BCUT2D eigenvalue weighted by Crippen LogP contribution is -2.39. The first-order valence-corrected chi connectivity index (χ1v) is 6.69. The molecule has 0 aliphatic rings. The van der Waals surface area contributed by atoms with Crippen LogP contribution >= 0.6 is 0 Å². The van der Waals surface area contributed by atoms with E-state index in [1.165, 1.54) is 4.90 Å². The average molecular weight is 289 g/mol. The maximum atomic E-state index is 12.2. The number of urea groups is 1. The first kappa shape index (κ1) is 16.5. The Labute approximate surface area is 124 Å². The van der Waals surface area contributed by atoms with Crippen molar-refractivity contribution in [3.63, 3.8) is 0 Å². The molecule has 2 N–H and O–H groups in total. The topological polar surface area (TPSA) is 93.4 Å². The molecular weight excluding hydrogens is 270 g/mol. The number of carbonyl (C=O) groups is 2. The van der Waals surface area contributed by atoms with Crippen molar-refractivity contribution in [1.82, 2.24) is 4.90 Å². The number of nitrogens with zero attached hydrogens (tertiary/aromatic N) is 2. The van der Waals surface area contributed by atoms with Crippen LogP contribution in [0.5, 0.6) is 0 Å². The van der Waals surface area contributed by atoms with E-state index in [2.05, 4.69) is 11.4 Å². The highest BCUT2D eigenvalue weighted by molar-refractivity contribution is 5.91. The molecule has 0 spiro atoms. The number of nitriles is 1. The normalized spacial score (nSPS) is 11.3. The summed E-state index contributed by atoms with van der Waals surface area (Å²) >= 11 is 0. The Kier molecular flexibility index (Phi) is 5.73. The Hall–Kier alpha value is -2.55. The van der Waals surface area contributed by atoms with Crippen LogP contribution < -0.4 is 5.32 Å². The molecule has 21 heavy (non-hydrogen) atoms. The molecule has 1 unspecified atom stereocenters. The van der Waals surface area contributed by atoms with E-state index in [1.54, 1.807) is 39.0 Å². The molecule has 0 bridgehead atoms. The fourth-order valence-electron chi connectivity index (χ4n) is 1.88. The summed E-state index contributed by atoms with van der Waals surface area (Å²) in [6.45, 7) is 5.61. The number of hydrogen-bond acceptors (Lipinski definition) is 3. The number of rotatable bonds is 5. The first-order valence-electron chi connectivity index (χ1n) is 6.69. The molecule has 1 atom stereocenters. The predicted octanol–water partition coefficient (Wildman–Crippen LogP) is 2.44. The highest BCUT2D eigenvalue weighted by Crippen LogP contribution is 2.19. The van der Waals surface area contributed by atoms with Gasteiger partial charge >= 0.3 is 12.0 Å². The SMILES string of the molecule is CCN(CC(C)C(=O)O)C(=O)Nc1cccc(C)c1C#N. The third kappa shape index (κ3) is 4.21. The van der Waals surface area contributed by atoms with Crippen molar-refractivity contribution < 1.29 is 14.7 Å². The van der Waals surface area contributed by atoms with Gasteiger partial charge in [-0.3, -0.25) is 4.79 Å². The first-order chi connectivity index (χ1) is 9.90. The monoisotopic (exact) mass is 289 g/mol. The summed E-state index contributed by atoms with van der Waals surface area (Å²) in [5, 5.41) is 20.7. The number of aryl methyl sites for hydroxylation is 1. The molecule has 0 saturated carbocycles. The van der Waals surface area contributed by atoms with Gasteiger partial charge in [-0.2, -0.15) is 5.26 Å². The van der Waals surface area contributed by atoms with E-state index in [0.29, 0.717) is 17.8 Å². The molecule has 0 heterocycles. The zero-order chi connectivity index (χ0) is 16.0. The molecule has 1 rings (SSSR count). The van der Waals surface area contributed by atoms with Crippen LogP contribution in [0, 0.1) is 24.2 Å². The van der Waals surface area contributed by atoms with E-state index in [-0.39, 0.29) is 6.54 Å². The smallest absolute Gasteiger partial charge is 0.321 e. The zero-order valence-corrected chi connectivity index (χ0v) is 12.4. The molecule has 1 aromatic rings. The van der Waals surface area contributed by atoms with Gasteiger partial charge < -0.3 is 15.3 Å². The van der Waals surface area contributed by atoms with Crippen LogP contribution in [0.1, 0.15) is 25.0 Å². The van der Waals surface area contributed by atoms with Gasteiger partial charge in [-0.1, -0.05) is 19.1 Å². The van der Waals surface area contributed by atoms with Crippen LogP contribution in [0.2, 0.25) is 0 Å². The minimum absolute atomic E-state index is 0.116. The number of carboxylic acids is 1. The number of carboxylic acid groups (broad SMARTS) is 1. The number of amides is 2. The maximum Gasteiger partial charge on any atom is 0.321 e. The summed E-state index contributed by atoms with van der Waals surface area (Å²) in [6, 6.07) is 6.84. The summed E-state index contributed by atoms with van der Waals surface area (Å²) in [5.74, 6) is -1.60. The third-order valence-electron chi connectivity index (χ3n) is 3.21. The number of nitrogens with one attached hydrogen (secondary N) is 1. The number of benzene rings is 1. The summed E-state index contributed by atoms with van der Waals surface area (Å²) in [6.07, 6.45) is 0. The summed E-state index contributed by atoms with van der Waals surface area (Å²) < 4.78 is 0. The Morgan fingerprint density at radius 2 is 2.14 bits per heavy atom. The summed E-state index contributed by atoms with van der Waals surface area (Å²) in [4.78, 5) is 24.5. The van der Waals surface area contributed by atoms with E-state index in [0.717, 1.165) is 5.56 Å². The molecule has 6 heteroatoms. The van der Waals surface area contributed by atoms with E-state index in [4.69, 9.17) is 10.4 Å². The molecule has 0 saturated heterocycles. The third-order valence-corrected chi connectivity index (χ3v) is 3.21. The lowest BCUT2D eigenvalue weighted by Gasteiger charge is -2.23.